The van der Waals surface area contributed by atoms with Crippen LogP contribution in [-0.2, 0) is 6.54 Å². The van der Waals surface area contributed by atoms with Crippen LogP contribution >= 0.6 is 11.3 Å². The molecule has 3 nitrogen and oxygen atoms in total. The number of thiophene rings is 1. The van der Waals surface area contributed by atoms with Crippen molar-refractivity contribution < 1.29 is 0 Å². The summed E-state index contributed by atoms with van der Waals surface area (Å²) < 4.78 is 2.03. The third-order valence-electron chi connectivity index (χ3n) is 3.91. The Balaban J connectivity index is 1.89. The SMILES string of the molecule is C[C@H](c1cccs1)N(C)Cc1cn2ccccc2c1C#N. The lowest BCUT2D eigenvalue weighted by Crippen LogP contribution is -2.21. The fraction of sp³-hybridized carbons (Fsp3) is 0.235. The number of hydrogen-bond donors (Lipinski definition) is 0. The predicted molar refractivity (Wildman–Crippen MR) is 86.3 cm³/mol. The molecule has 3 aromatic rings. The standard InChI is InChI=1S/C17H17N3S/c1-13(17-7-5-9-21-17)19(2)11-14-12-20-8-4-3-6-16(20)15(14)10-18/h3-9,12-13H,11H2,1-2H3/t13-/m1/s1. The smallest absolute Gasteiger partial charge is 0.102 e. The minimum atomic E-state index is 0.347. The van der Waals surface area contributed by atoms with Gasteiger partial charge < -0.3 is 4.40 Å². The van der Waals surface area contributed by atoms with Crippen LogP contribution in [0.5, 0.6) is 0 Å². The number of nitrogens with zero attached hydrogens (tertiary/aromatic N) is 3. The highest BCUT2D eigenvalue weighted by Gasteiger charge is 2.16. The zero-order valence-electron chi connectivity index (χ0n) is 12.2. The first-order chi connectivity index (χ1) is 10.2. The molecule has 0 fully saturated rings. The molecule has 0 N–H and O–H groups in total. The molecule has 0 saturated heterocycles. The molecule has 0 bridgehead atoms. The molecular formula is C17H17N3S. The van der Waals surface area contributed by atoms with Crippen molar-refractivity contribution in [2.45, 2.75) is 19.5 Å². The third-order valence-corrected chi connectivity index (χ3v) is 4.95. The monoisotopic (exact) mass is 295 g/mol. The van der Waals surface area contributed by atoms with Crippen LogP contribution in [-0.4, -0.2) is 16.3 Å². The average Bonchev–Trinajstić information content (AvgIpc) is 3.13. The summed E-state index contributed by atoms with van der Waals surface area (Å²) in [6, 6.07) is 12.9. The molecule has 0 aliphatic carbocycles. The Morgan fingerprint density at radius 2 is 2.19 bits per heavy atom. The van der Waals surface area contributed by atoms with Crippen molar-refractivity contribution in [2.24, 2.45) is 0 Å². The van der Waals surface area contributed by atoms with Gasteiger partial charge in [0, 0.05) is 35.4 Å². The molecule has 0 spiro atoms. The van der Waals surface area contributed by atoms with Crippen LogP contribution < -0.4 is 0 Å². The molecule has 1 atom stereocenters. The number of pyridine rings is 1. The van der Waals surface area contributed by atoms with Crippen LogP contribution in [0.4, 0.5) is 0 Å². The molecule has 0 radical (unpaired) electrons. The highest BCUT2D eigenvalue weighted by molar-refractivity contribution is 7.10. The van der Waals surface area contributed by atoms with E-state index in [0.717, 1.165) is 23.2 Å². The lowest BCUT2D eigenvalue weighted by Gasteiger charge is -2.23. The minimum Gasteiger partial charge on any atom is -0.322 e. The molecular weight excluding hydrogens is 278 g/mol. The normalized spacial score (nSPS) is 12.7. The maximum Gasteiger partial charge on any atom is 0.102 e. The van der Waals surface area contributed by atoms with E-state index >= 15 is 0 Å². The maximum atomic E-state index is 9.46. The first-order valence-electron chi connectivity index (χ1n) is 6.93. The summed E-state index contributed by atoms with van der Waals surface area (Å²) in [5.74, 6) is 0. The van der Waals surface area contributed by atoms with E-state index in [-0.39, 0.29) is 0 Å². The van der Waals surface area contributed by atoms with Gasteiger partial charge in [-0.2, -0.15) is 5.26 Å². The van der Waals surface area contributed by atoms with Gasteiger partial charge in [-0.25, -0.2) is 0 Å². The summed E-state index contributed by atoms with van der Waals surface area (Å²) >= 11 is 1.77. The summed E-state index contributed by atoms with van der Waals surface area (Å²) in [6.07, 6.45) is 4.05. The van der Waals surface area contributed by atoms with Crippen molar-refractivity contribution in [3.63, 3.8) is 0 Å². The second kappa shape index (κ2) is 5.72. The summed E-state index contributed by atoms with van der Waals surface area (Å²) in [5, 5.41) is 11.6. The van der Waals surface area contributed by atoms with E-state index in [0.29, 0.717) is 6.04 Å². The Kier molecular flexibility index (Phi) is 3.78. The maximum absolute atomic E-state index is 9.46. The van der Waals surface area contributed by atoms with Crippen molar-refractivity contribution in [3.8, 4) is 6.07 Å². The Bertz CT molecular complexity index is 780. The van der Waals surface area contributed by atoms with Crippen LogP contribution in [0.15, 0.2) is 48.1 Å². The van der Waals surface area contributed by atoms with Crippen LogP contribution in [0.2, 0.25) is 0 Å². The molecule has 0 amide bonds. The highest BCUT2D eigenvalue weighted by Crippen LogP contribution is 2.26. The van der Waals surface area contributed by atoms with Gasteiger partial charge in [0.1, 0.15) is 6.07 Å². The van der Waals surface area contributed by atoms with Crippen molar-refractivity contribution in [1.82, 2.24) is 9.30 Å². The summed E-state index contributed by atoms with van der Waals surface area (Å²) in [5.41, 5.74) is 2.84. The fourth-order valence-electron chi connectivity index (χ4n) is 2.58. The molecule has 3 heterocycles. The Morgan fingerprint density at radius 3 is 2.90 bits per heavy atom. The molecule has 0 saturated carbocycles. The molecule has 0 unspecified atom stereocenters. The van der Waals surface area contributed by atoms with E-state index in [9.17, 15) is 5.26 Å². The van der Waals surface area contributed by atoms with Crippen molar-refractivity contribution in [1.29, 1.82) is 5.26 Å². The van der Waals surface area contributed by atoms with Gasteiger partial charge in [-0.15, -0.1) is 11.3 Å². The Morgan fingerprint density at radius 1 is 1.33 bits per heavy atom. The molecule has 0 aliphatic heterocycles. The lowest BCUT2D eigenvalue weighted by atomic mass is 10.1. The van der Waals surface area contributed by atoms with E-state index in [2.05, 4.69) is 48.7 Å². The molecule has 3 rings (SSSR count). The Labute approximate surface area is 128 Å². The second-order valence-corrected chi connectivity index (χ2v) is 6.22. The van der Waals surface area contributed by atoms with E-state index in [1.165, 1.54) is 4.88 Å². The minimum absolute atomic E-state index is 0.347. The average molecular weight is 295 g/mol. The number of aromatic nitrogens is 1. The van der Waals surface area contributed by atoms with Gasteiger partial charge in [0.2, 0.25) is 0 Å². The van der Waals surface area contributed by atoms with Gasteiger partial charge in [-0.1, -0.05) is 12.1 Å². The molecule has 0 aromatic carbocycles. The van der Waals surface area contributed by atoms with Gasteiger partial charge in [0.25, 0.3) is 0 Å². The molecule has 0 aliphatic rings. The number of rotatable bonds is 4. The topological polar surface area (TPSA) is 31.4 Å². The van der Waals surface area contributed by atoms with Crippen molar-refractivity contribution in [2.75, 3.05) is 7.05 Å². The summed E-state index contributed by atoms with van der Waals surface area (Å²) in [6.45, 7) is 2.97. The van der Waals surface area contributed by atoms with Crippen LogP contribution in [0.1, 0.15) is 29.0 Å². The lowest BCUT2D eigenvalue weighted by molar-refractivity contribution is 0.256. The highest BCUT2D eigenvalue weighted by atomic mass is 32.1. The quantitative estimate of drug-likeness (QED) is 0.726. The van der Waals surface area contributed by atoms with E-state index in [4.69, 9.17) is 0 Å². The largest absolute Gasteiger partial charge is 0.322 e. The van der Waals surface area contributed by atoms with E-state index in [1.807, 2.05) is 28.8 Å². The van der Waals surface area contributed by atoms with Gasteiger partial charge in [0.05, 0.1) is 11.1 Å². The first kappa shape index (κ1) is 13.9. The van der Waals surface area contributed by atoms with Crippen LogP contribution in [0, 0.1) is 11.3 Å². The van der Waals surface area contributed by atoms with Gasteiger partial charge in [-0.05, 0) is 37.6 Å². The second-order valence-electron chi connectivity index (χ2n) is 5.24. The van der Waals surface area contributed by atoms with Crippen molar-refractivity contribution in [3.05, 3.63) is 64.1 Å². The van der Waals surface area contributed by atoms with Crippen LogP contribution in [0.25, 0.3) is 5.52 Å². The predicted octanol–water partition coefficient (Wildman–Crippen LogP) is 4.07. The molecule has 4 heteroatoms. The zero-order valence-corrected chi connectivity index (χ0v) is 13.0. The van der Waals surface area contributed by atoms with Crippen LogP contribution in [0.3, 0.4) is 0 Å². The number of fused-ring (bicyclic) bond motifs is 1. The zero-order chi connectivity index (χ0) is 14.8. The van der Waals surface area contributed by atoms with Gasteiger partial charge >= 0.3 is 0 Å². The number of nitriles is 1. The van der Waals surface area contributed by atoms with Gasteiger partial charge in [0.15, 0.2) is 0 Å². The van der Waals surface area contributed by atoms with E-state index in [1.54, 1.807) is 11.3 Å². The number of hydrogen-bond acceptors (Lipinski definition) is 3. The third kappa shape index (κ3) is 2.58. The molecule has 106 valence electrons. The van der Waals surface area contributed by atoms with Gasteiger partial charge in [-0.3, -0.25) is 4.90 Å². The summed E-state index contributed by atoms with van der Waals surface area (Å²) in [7, 11) is 2.11. The van der Waals surface area contributed by atoms with E-state index < -0.39 is 0 Å². The molecule has 21 heavy (non-hydrogen) atoms. The summed E-state index contributed by atoms with van der Waals surface area (Å²) in [4.78, 5) is 3.63. The Hall–Kier alpha value is -2.09. The molecule has 3 aromatic heterocycles. The van der Waals surface area contributed by atoms with Crippen molar-refractivity contribution >= 4 is 16.9 Å². The first-order valence-corrected chi connectivity index (χ1v) is 7.81. The fourth-order valence-corrected chi connectivity index (χ4v) is 3.43.